The van der Waals surface area contributed by atoms with Gasteiger partial charge in [-0.25, -0.2) is 0 Å². The highest BCUT2D eigenvalue weighted by Gasteiger charge is 2.22. The average Bonchev–Trinajstić information content (AvgIpc) is 2.33. The lowest BCUT2D eigenvalue weighted by molar-refractivity contribution is -0.123. The van der Waals surface area contributed by atoms with Crippen LogP contribution in [0.4, 0.5) is 5.69 Å². The minimum atomic E-state index is -0.0335. The molecule has 1 unspecified atom stereocenters. The molecule has 0 bridgehead atoms. The van der Waals surface area contributed by atoms with Crippen molar-refractivity contribution in [2.24, 2.45) is 5.92 Å². The van der Waals surface area contributed by atoms with Crippen LogP contribution in [-0.2, 0) is 9.53 Å². The molecule has 2 rings (SSSR count). The summed E-state index contributed by atoms with van der Waals surface area (Å²) in [6.07, 6.45) is 5.16. The molecular formula is C11H13BrN2O2. The Morgan fingerprint density at radius 1 is 1.62 bits per heavy atom. The van der Waals surface area contributed by atoms with E-state index in [4.69, 9.17) is 4.74 Å². The van der Waals surface area contributed by atoms with Gasteiger partial charge in [-0.2, -0.15) is 0 Å². The van der Waals surface area contributed by atoms with E-state index in [-0.39, 0.29) is 11.8 Å². The van der Waals surface area contributed by atoms with Crippen molar-refractivity contribution in [2.45, 2.75) is 12.8 Å². The Bertz CT molecular complexity index is 378. The van der Waals surface area contributed by atoms with Crippen LogP contribution < -0.4 is 5.32 Å². The van der Waals surface area contributed by atoms with Crippen molar-refractivity contribution in [2.75, 3.05) is 18.5 Å². The number of halogens is 1. The van der Waals surface area contributed by atoms with Gasteiger partial charge in [-0.15, -0.1) is 0 Å². The molecule has 1 aliphatic rings. The van der Waals surface area contributed by atoms with Gasteiger partial charge in [0.05, 0.1) is 22.7 Å². The van der Waals surface area contributed by atoms with E-state index in [2.05, 4.69) is 26.2 Å². The van der Waals surface area contributed by atoms with Gasteiger partial charge in [-0.3, -0.25) is 9.78 Å². The van der Waals surface area contributed by atoms with E-state index in [1.165, 1.54) is 0 Å². The van der Waals surface area contributed by atoms with Crippen LogP contribution in [0.25, 0.3) is 0 Å². The molecule has 1 saturated heterocycles. The molecule has 0 aromatic carbocycles. The van der Waals surface area contributed by atoms with Crippen LogP contribution in [0.3, 0.4) is 0 Å². The Kier molecular flexibility index (Phi) is 3.90. The number of carbonyl (C=O) groups is 1. The number of hydrogen-bond acceptors (Lipinski definition) is 3. The smallest absolute Gasteiger partial charge is 0.229 e. The number of nitrogens with zero attached hydrogens (tertiary/aromatic N) is 1. The number of rotatable bonds is 2. The van der Waals surface area contributed by atoms with Crippen molar-refractivity contribution in [1.29, 1.82) is 0 Å². The van der Waals surface area contributed by atoms with Crippen LogP contribution in [0.5, 0.6) is 0 Å². The highest BCUT2D eigenvalue weighted by atomic mass is 79.9. The van der Waals surface area contributed by atoms with E-state index in [1.807, 2.05) is 0 Å². The van der Waals surface area contributed by atoms with Gasteiger partial charge in [0.2, 0.25) is 5.91 Å². The van der Waals surface area contributed by atoms with Gasteiger partial charge in [-0.05, 0) is 34.8 Å². The number of hydrogen-bond donors (Lipinski definition) is 1. The molecule has 1 aromatic rings. The van der Waals surface area contributed by atoms with Crippen molar-refractivity contribution in [3.63, 3.8) is 0 Å². The number of aromatic nitrogens is 1. The molecule has 4 nitrogen and oxygen atoms in total. The van der Waals surface area contributed by atoms with Gasteiger partial charge in [0.15, 0.2) is 0 Å². The zero-order chi connectivity index (χ0) is 11.4. The zero-order valence-electron chi connectivity index (χ0n) is 8.78. The van der Waals surface area contributed by atoms with Crippen LogP contribution in [-0.4, -0.2) is 24.1 Å². The molecule has 0 aliphatic carbocycles. The first kappa shape index (κ1) is 11.5. The van der Waals surface area contributed by atoms with E-state index in [0.29, 0.717) is 6.61 Å². The molecule has 1 aromatic heterocycles. The first-order valence-corrected chi connectivity index (χ1v) is 6.05. The van der Waals surface area contributed by atoms with Gasteiger partial charge in [-0.1, -0.05) is 0 Å². The first-order chi connectivity index (χ1) is 7.77. The molecule has 1 atom stereocenters. The Morgan fingerprint density at radius 3 is 3.19 bits per heavy atom. The Labute approximate surface area is 103 Å². The van der Waals surface area contributed by atoms with Crippen LogP contribution >= 0.6 is 15.9 Å². The van der Waals surface area contributed by atoms with E-state index in [0.717, 1.165) is 29.6 Å². The maximum atomic E-state index is 11.9. The Balaban J connectivity index is 1.99. The lowest BCUT2D eigenvalue weighted by Gasteiger charge is -2.21. The van der Waals surface area contributed by atoms with Crippen molar-refractivity contribution < 1.29 is 9.53 Å². The second-order valence-corrected chi connectivity index (χ2v) is 4.61. The summed E-state index contributed by atoms with van der Waals surface area (Å²) in [5, 5.41) is 2.87. The predicted molar refractivity (Wildman–Crippen MR) is 64.1 cm³/mol. The Hall–Kier alpha value is -0.940. The molecule has 1 aliphatic heterocycles. The molecule has 86 valence electrons. The average molecular weight is 285 g/mol. The fourth-order valence-electron chi connectivity index (χ4n) is 1.66. The maximum Gasteiger partial charge on any atom is 0.229 e. The van der Waals surface area contributed by atoms with E-state index < -0.39 is 0 Å². The van der Waals surface area contributed by atoms with Gasteiger partial charge in [0.1, 0.15) is 0 Å². The SMILES string of the molecule is O=C(Nc1ccncc1Br)C1CCCOC1. The third-order valence-electron chi connectivity index (χ3n) is 2.56. The van der Waals surface area contributed by atoms with Gasteiger partial charge in [0, 0.05) is 19.0 Å². The number of amides is 1. The maximum absolute atomic E-state index is 11.9. The summed E-state index contributed by atoms with van der Waals surface area (Å²) in [4.78, 5) is 15.8. The van der Waals surface area contributed by atoms with Gasteiger partial charge < -0.3 is 10.1 Å². The van der Waals surface area contributed by atoms with Crippen molar-refractivity contribution in [3.05, 3.63) is 22.9 Å². The quantitative estimate of drug-likeness (QED) is 0.906. The second kappa shape index (κ2) is 5.41. The van der Waals surface area contributed by atoms with Crippen LogP contribution in [0.15, 0.2) is 22.9 Å². The molecular weight excluding hydrogens is 272 g/mol. The summed E-state index contributed by atoms with van der Waals surface area (Å²) in [6.45, 7) is 1.29. The minimum absolute atomic E-state index is 0.0200. The van der Waals surface area contributed by atoms with Gasteiger partial charge >= 0.3 is 0 Å². The standard InChI is InChI=1S/C11H13BrN2O2/c12-9-6-13-4-3-10(9)14-11(15)8-2-1-5-16-7-8/h3-4,6,8H,1-2,5,7H2,(H,13,14,15). The molecule has 5 heteroatoms. The normalized spacial score (nSPS) is 20.4. The molecule has 0 radical (unpaired) electrons. The molecule has 0 saturated carbocycles. The van der Waals surface area contributed by atoms with Gasteiger partial charge in [0.25, 0.3) is 0 Å². The Morgan fingerprint density at radius 2 is 2.50 bits per heavy atom. The summed E-state index contributed by atoms with van der Waals surface area (Å²) in [6, 6.07) is 1.77. The fourth-order valence-corrected chi connectivity index (χ4v) is 2.01. The number of carbonyl (C=O) groups excluding carboxylic acids is 1. The van der Waals surface area contributed by atoms with Crippen LogP contribution in [0.1, 0.15) is 12.8 Å². The first-order valence-electron chi connectivity index (χ1n) is 5.25. The topological polar surface area (TPSA) is 51.2 Å². The summed E-state index contributed by atoms with van der Waals surface area (Å²) in [5.41, 5.74) is 0.755. The summed E-state index contributed by atoms with van der Waals surface area (Å²) < 4.78 is 6.08. The fraction of sp³-hybridized carbons (Fsp3) is 0.455. The molecule has 1 fully saturated rings. The molecule has 16 heavy (non-hydrogen) atoms. The molecule has 2 heterocycles. The summed E-state index contributed by atoms with van der Waals surface area (Å²) in [5.74, 6) is -0.0135. The van der Waals surface area contributed by atoms with Crippen LogP contribution in [0.2, 0.25) is 0 Å². The van der Waals surface area contributed by atoms with Crippen molar-refractivity contribution >= 4 is 27.5 Å². The van der Waals surface area contributed by atoms with Crippen LogP contribution in [0, 0.1) is 5.92 Å². The molecule has 1 amide bonds. The molecule has 1 N–H and O–H groups in total. The lowest BCUT2D eigenvalue weighted by atomic mass is 10.0. The summed E-state index contributed by atoms with van der Waals surface area (Å²) in [7, 11) is 0. The number of ether oxygens (including phenoxy) is 1. The largest absolute Gasteiger partial charge is 0.381 e. The van der Waals surface area contributed by atoms with E-state index >= 15 is 0 Å². The zero-order valence-corrected chi connectivity index (χ0v) is 10.4. The lowest BCUT2D eigenvalue weighted by Crippen LogP contribution is -2.30. The van der Waals surface area contributed by atoms with E-state index in [9.17, 15) is 4.79 Å². The summed E-state index contributed by atoms with van der Waals surface area (Å²) >= 11 is 3.34. The highest BCUT2D eigenvalue weighted by molar-refractivity contribution is 9.10. The number of nitrogens with one attached hydrogen (secondary N) is 1. The molecule has 0 spiro atoms. The highest BCUT2D eigenvalue weighted by Crippen LogP contribution is 2.22. The third-order valence-corrected chi connectivity index (χ3v) is 3.19. The van der Waals surface area contributed by atoms with Crippen molar-refractivity contribution in [3.8, 4) is 0 Å². The van der Waals surface area contributed by atoms with E-state index in [1.54, 1.807) is 18.5 Å². The predicted octanol–water partition coefficient (Wildman–Crippen LogP) is 2.21. The number of pyridine rings is 1. The second-order valence-electron chi connectivity index (χ2n) is 3.76. The van der Waals surface area contributed by atoms with Crippen molar-refractivity contribution in [1.82, 2.24) is 4.98 Å². The monoisotopic (exact) mass is 284 g/mol. The minimum Gasteiger partial charge on any atom is -0.381 e. The number of anilines is 1. The third kappa shape index (κ3) is 2.80.